The quantitative estimate of drug-likeness (QED) is 0.501. The van der Waals surface area contributed by atoms with E-state index in [2.05, 4.69) is 9.97 Å². The maximum absolute atomic E-state index is 12.7. The Bertz CT molecular complexity index is 1240. The van der Waals surface area contributed by atoms with Crippen LogP contribution in [0, 0.1) is 0 Å². The standard InChI is InChI=1S/C20H11N3O3/c24-18-12-5-2-1-4-11(12)17-13(18)6-3-7-14(17)19-22-15-8-9-21-10-16(15)23(19)20(25)26/h1-10H,(H,25,26). The first kappa shape index (κ1) is 14.5. The summed E-state index contributed by atoms with van der Waals surface area (Å²) in [5, 5.41) is 9.74. The van der Waals surface area contributed by atoms with Crippen molar-refractivity contribution in [3.63, 3.8) is 0 Å². The summed E-state index contributed by atoms with van der Waals surface area (Å²) < 4.78 is 1.11. The highest BCUT2D eigenvalue weighted by Gasteiger charge is 2.30. The Balaban J connectivity index is 1.89. The molecule has 0 aliphatic heterocycles. The normalized spacial score (nSPS) is 12.2. The van der Waals surface area contributed by atoms with Crippen molar-refractivity contribution in [2.24, 2.45) is 0 Å². The van der Waals surface area contributed by atoms with Gasteiger partial charge < -0.3 is 5.11 Å². The lowest BCUT2D eigenvalue weighted by atomic mass is 9.99. The van der Waals surface area contributed by atoms with Gasteiger partial charge in [0, 0.05) is 28.5 Å². The number of rotatable bonds is 1. The van der Waals surface area contributed by atoms with Crippen LogP contribution in [0.15, 0.2) is 60.9 Å². The molecule has 0 saturated carbocycles. The Morgan fingerprint density at radius 1 is 0.923 bits per heavy atom. The molecule has 0 amide bonds. The maximum atomic E-state index is 12.7. The number of hydrogen-bond acceptors (Lipinski definition) is 4. The van der Waals surface area contributed by atoms with Gasteiger partial charge in [-0.2, -0.15) is 0 Å². The molecular weight excluding hydrogens is 330 g/mol. The molecule has 0 unspecified atom stereocenters. The number of ketones is 1. The molecule has 124 valence electrons. The van der Waals surface area contributed by atoms with Gasteiger partial charge in [0.1, 0.15) is 0 Å². The second-order valence-corrected chi connectivity index (χ2v) is 6.02. The molecule has 0 atom stereocenters. The highest BCUT2D eigenvalue weighted by atomic mass is 16.4. The SMILES string of the molecule is O=C1c2ccccc2-c2c1cccc2-c1nc2ccncc2n1C(=O)O. The van der Waals surface area contributed by atoms with E-state index in [4.69, 9.17) is 0 Å². The van der Waals surface area contributed by atoms with Crippen LogP contribution in [0.5, 0.6) is 0 Å². The van der Waals surface area contributed by atoms with Gasteiger partial charge in [-0.3, -0.25) is 9.78 Å². The molecule has 1 aliphatic carbocycles. The zero-order valence-corrected chi connectivity index (χ0v) is 13.4. The first-order valence-corrected chi connectivity index (χ1v) is 8.00. The third-order valence-electron chi connectivity index (χ3n) is 4.64. The van der Waals surface area contributed by atoms with Crippen molar-refractivity contribution in [2.45, 2.75) is 0 Å². The average Bonchev–Trinajstić information content (AvgIpc) is 3.19. The molecule has 2 aromatic carbocycles. The molecule has 2 heterocycles. The lowest BCUT2D eigenvalue weighted by molar-refractivity contribution is 0.104. The molecule has 0 radical (unpaired) electrons. The van der Waals surface area contributed by atoms with Crippen molar-refractivity contribution < 1.29 is 14.7 Å². The highest BCUT2D eigenvalue weighted by molar-refractivity contribution is 6.23. The van der Waals surface area contributed by atoms with Gasteiger partial charge in [-0.05, 0) is 11.6 Å². The lowest BCUT2D eigenvalue weighted by Crippen LogP contribution is -2.10. The summed E-state index contributed by atoms with van der Waals surface area (Å²) >= 11 is 0. The van der Waals surface area contributed by atoms with E-state index in [1.165, 1.54) is 6.20 Å². The van der Waals surface area contributed by atoms with Crippen molar-refractivity contribution >= 4 is 22.9 Å². The summed E-state index contributed by atoms with van der Waals surface area (Å²) in [5.41, 5.74) is 4.25. The monoisotopic (exact) mass is 341 g/mol. The van der Waals surface area contributed by atoms with Crippen molar-refractivity contribution in [2.75, 3.05) is 0 Å². The molecule has 2 aromatic heterocycles. The molecule has 6 nitrogen and oxygen atoms in total. The maximum Gasteiger partial charge on any atom is 0.417 e. The molecule has 0 spiro atoms. The Labute approximate surface area is 147 Å². The third-order valence-corrected chi connectivity index (χ3v) is 4.64. The van der Waals surface area contributed by atoms with Crippen molar-refractivity contribution in [3.05, 3.63) is 72.1 Å². The number of benzene rings is 2. The Morgan fingerprint density at radius 2 is 1.65 bits per heavy atom. The number of nitrogens with zero attached hydrogens (tertiary/aromatic N) is 3. The van der Waals surface area contributed by atoms with Crippen LogP contribution in [0.1, 0.15) is 15.9 Å². The minimum atomic E-state index is -1.15. The van der Waals surface area contributed by atoms with Crippen LogP contribution in [0.25, 0.3) is 33.5 Å². The van der Waals surface area contributed by atoms with Crippen molar-refractivity contribution in [3.8, 4) is 22.5 Å². The summed E-state index contributed by atoms with van der Waals surface area (Å²) in [4.78, 5) is 33.1. The number of carboxylic acid groups (broad SMARTS) is 1. The smallest absolute Gasteiger partial charge is 0.417 e. The van der Waals surface area contributed by atoms with Gasteiger partial charge in [0.15, 0.2) is 11.6 Å². The van der Waals surface area contributed by atoms with Crippen LogP contribution < -0.4 is 0 Å². The zero-order valence-electron chi connectivity index (χ0n) is 13.4. The number of pyridine rings is 1. The van der Waals surface area contributed by atoms with E-state index >= 15 is 0 Å². The molecule has 5 rings (SSSR count). The number of imidazole rings is 1. The van der Waals surface area contributed by atoms with Crippen LogP contribution in [-0.4, -0.2) is 31.5 Å². The van der Waals surface area contributed by atoms with Crippen molar-refractivity contribution in [1.29, 1.82) is 0 Å². The van der Waals surface area contributed by atoms with Crippen LogP contribution in [0.2, 0.25) is 0 Å². The molecule has 26 heavy (non-hydrogen) atoms. The van der Waals surface area contributed by atoms with E-state index in [-0.39, 0.29) is 11.6 Å². The predicted molar refractivity (Wildman–Crippen MR) is 95.3 cm³/mol. The summed E-state index contributed by atoms with van der Waals surface area (Å²) in [6.07, 6.45) is 1.90. The topological polar surface area (TPSA) is 85.1 Å². The number of carbonyl (C=O) groups is 2. The number of hydrogen-bond donors (Lipinski definition) is 1. The molecule has 6 heteroatoms. The average molecular weight is 341 g/mol. The van der Waals surface area contributed by atoms with Gasteiger partial charge >= 0.3 is 6.09 Å². The van der Waals surface area contributed by atoms with Crippen molar-refractivity contribution in [1.82, 2.24) is 14.5 Å². The molecular formula is C20H11N3O3. The molecule has 0 saturated heterocycles. The fraction of sp³-hybridized carbons (Fsp3) is 0. The van der Waals surface area contributed by atoms with Gasteiger partial charge in [-0.15, -0.1) is 0 Å². The van der Waals surface area contributed by atoms with Gasteiger partial charge in [0.2, 0.25) is 0 Å². The Morgan fingerprint density at radius 3 is 2.46 bits per heavy atom. The minimum Gasteiger partial charge on any atom is -0.464 e. The van der Waals surface area contributed by atoms with Gasteiger partial charge in [0.05, 0.1) is 17.2 Å². The van der Waals surface area contributed by atoms with E-state index in [9.17, 15) is 14.7 Å². The lowest BCUT2D eigenvalue weighted by Gasteiger charge is -2.09. The highest BCUT2D eigenvalue weighted by Crippen LogP contribution is 2.42. The fourth-order valence-electron chi connectivity index (χ4n) is 3.56. The second-order valence-electron chi connectivity index (χ2n) is 6.02. The van der Waals surface area contributed by atoms with Crippen LogP contribution in [-0.2, 0) is 0 Å². The molecule has 1 aliphatic rings. The number of fused-ring (bicyclic) bond motifs is 4. The van der Waals surface area contributed by atoms with E-state index in [0.717, 1.165) is 15.7 Å². The minimum absolute atomic E-state index is 0.0582. The van der Waals surface area contributed by atoms with E-state index in [0.29, 0.717) is 27.7 Å². The number of aromatic nitrogens is 3. The van der Waals surface area contributed by atoms with Gasteiger partial charge in [-0.1, -0.05) is 42.5 Å². The predicted octanol–water partition coefficient (Wildman–Crippen LogP) is 3.84. The second kappa shape index (κ2) is 5.10. The molecule has 1 N–H and O–H groups in total. The third kappa shape index (κ3) is 1.81. The Kier molecular flexibility index (Phi) is 2.85. The van der Waals surface area contributed by atoms with E-state index in [1.54, 1.807) is 36.5 Å². The summed E-state index contributed by atoms with van der Waals surface area (Å²) in [6.45, 7) is 0. The van der Waals surface area contributed by atoms with Gasteiger partial charge in [-0.25, -0.2) is 14.3 Å². The molecule has 0 fully saturated rings. The largest absolute Gasteiger partial charge is 0.464 e. The fourth-order valence-corrected chi connectivity index (χ4v) is 3.56. The zero-order chi connectivity index (χ0) is 17.8. The Hall–Kier alpha value is -3.80. The van der Waals surface area contributed by atoms with E-state index < -0.39 is 6.09 Å². The molecule has 0 bridgehead atoms. The van der Waals surface area contributed by atoms with Gasteiger partial charge in [0.25, 0.3) is 0 Å². The number of carbonyl (C=O) groups excluding carboxylic acids is 1. The first-order valence-electron chi connectivity index (χ1n) is 8.00. The van der Waals surface area contributed by atoms with Crippen LogP contribution in [0.4, 0.5) is 4.79 Å². The first-order chi connectivity index (χ1) is 12.7. The van der Waals surface area contributed by atoms with Crippen LogP contribution in [0.3, 0.4) is 0 Å². The summed E-state index contributed by atoms with van der Waals surface area (Å²) in [6, 6.07) is 14.3. The summed E-state index contributed by atoms with van der Waals surface area (Å²) in [7, 11) is 0. The van der Waals surface area contributed by atoms with Crippen LogP contribution >= 0.6 is 0 Å². The van der Waals surface area contributed by atoms with E-state index in [1.807, 2.05) is 18.2 Å². The molecule has 4 aromatic rings. The summed E-state index contributed by atoms with van der Waals surface area (Å²) in [5.74, 6) is 0.221.